The molecule has 19 heavy (non-hydrogen) atoms. The average Bonchev–Trinajstić information content (AvgIpc) is 2.87. The smallest absolute Gasteiger partial charge is 0.231 e. The number of anilines is 1. The lowest BCUT2D eigenvalue weighted by atomic mass is 10.1. The van der Waals surface area contributed by atoms with Crippen molar-refractivity contribution in [2.24, 2.45) is 0 Å². The number of fused-ring (bicyclic) bond motifs is 1. The van der Waals surface area contributed by atoms with Gasteiger partial charge in [0.1, 0.15) is 0 Å². The summed E-state index contributed by atoms with van der Waals surface area (Å²) >= 11 is 0. The number of nitrogens with one attached hydrogen (secondary N) is 1. The Labute approximate surface area is 113 Å². The quantitative estimate of drug-likeness (QED) is 0.908. The molecule has 1 N–H and O–H groups in total. The lowest BCUT2D eigenvalue weighted by Gasteiger charge is -2.11. The molecule has 0 atom stereocenters. The van der Waals surface area contributed by atoms with Crippen molar-refractivity contribution < 1.29 is 9.47 Å². The van der Waals surface area contributed by atoms with Gasteiger partial charge in [-0.2, -0.15) is 0 Å². The van der Waals surface area contributed by atoms with Gasteiger partial charge in [0.2, 0.25) is 6.79 Å². The van der Waals surface area contributed by atoms with Crippen LogP contribution in [0.5, 0.6) is 11.5 Å². The molecule has 0 saturated carbocycles. The van der Waals surface area contributed by atoms with Gasteiger partial charge in [0.15, 0.2) is 11.5 Å². The Kier molecular flexibility index (Phi) is 3.03. The monoisotopic (exact) mass is 255 g/mol. The molecule has 3 rings (SSSR count). The summed E-state index contributed by atoms with van der Waals surface area (Å²) in [5, 5.41) is 3.46. The fourth-order valence-electron chi connectivity index (χ4n) is 2.17. The molecular weight excluding hydrogens is 238 g/mol. The van der Waals surface area contributed by atoms with E-state index < -0.39 is 0 Å². The van der Waals surface area contributed by atoms with Gasteiger partial charge in [0, 0.05) is 12.2 Å². The molecule has 0 saturated heterocycles. The maximum atomic E-state index is 5.38. The first kappa shape index (κ1) is 11.9. The fourth-order valence-corrected chi connectivity index (χ4v) is 2.17. The number of rotatable bonds is 3. The summed E-state index contributed by atoms with van der Waals surface area (Å²) < 4.78 is 10.7. The second kappa shape index (κ2) is 4.84. The van der Waals surface area contributed by atoms with Crippen LogP contribution < -0.4 is 14.8 Å². The van der Waals surface area contributed by atoms with Crippen molar-refractivity contribution in [1.82, 2.24) is 0 Å². The molecule has 0 aromatic heterocycles. The molecule has 0 spiro atoms. The standard InChI is InChI=1S/C16H17NO2/c1-11-3-4-12(2)14(7-11)17-9-13-5-6-15-16(8-13)19-10-18-15/h3-8,17H,9-10H2,1-2H3. The maximum Gasteiger partial charge on any atom is 0.231 e. The predicted octanol–water partition coefficient (Wildman–Crippen LogP) is 3.64. The summed E-state index contributed by atoms with van der Waals surface area (Å²) in [5.74, 6) is 1.66. The van der Waals surface area contributed by atoms with Crippen molar-refractivity contribution in [3.8, 4) is 11.5 Å². The number of hydrogen-bond acceptors (Lipinski definition) is 3. The highest BCUT2D eigenvalue weighted by atomic mass is 16.7. The van der Waals surface area contributed by atoms with Gasteiger partial charge in [-0.25, -0.2) is 0 Å². The van der Waals surface area contributed by atoms with Crippen molar-refractivity contribution in [3.63, 3.8) is 0 Å². The van der Waals surface area contributed by atoms with E-state index in [0.29, 0.717) is 6.79 Å². The van der Waals surface area contributed by atoms with Gasteiger partial charge in [-0.1, -0.05) is 18.2 Å². The Bertz CT molecular complexity index is 608. The largest absolute Gasteiger partial charge is 0.454 e. The molecule has 1 aliphatic rings. The zero-order valence-corrected chi connectivity index (χ0v) is 11.2. The molecule has 1 aliphatic heterocycles. The average molecular weight is 255 g/mol. The van der Waals surface area contributed by atoms with Crippen LogP contribution in [0.1, 0.15) is 16.7 Å². The van der Waals surface area contributed by atoms with E-state index in [9.17, 15) is 0 Å². The van der Waals surface area contributed by atoms with Crippen molar-refractivity contribution in [3.05, 3.63) is 53.1 Å². The molecule has 0 unspecified atom stereocenters. The number of ether oxygens (including phenoxy) is 2. The van der Waals surface area contributed by atoms with E-state index in [1.54, 1.807) is 0 Å². The summed E-state index contributed by atoms with van der Waals surface area (Å²) in [6.45, 7) is 5.32. The molecule has 0 aliphatic carbocycles. The number of aryl methyl sites for hydroxylation is 2. The van der Waals surface area contributed by atoms with Gasteiger partial charge in [-0.15, -0.1) is 0 Å². The van der Waals surface area contributed by atoms with E-state index in [1.807, 2.05) is 12.1 Å². The summed E-state index contributed by atoms with van der Waals surface area (Å²) in [5.41, 5.74) is 4.88. The Morgan fingerprint density at radius 1 is 1.00 bits per heavy atom. The van der Waals surface area contributed by atoms with Crippen LogP contribution in [0.3, 0.4) is 0 Å². The van der Waals surface area contributed by atoms with E-state index in [0.717, 1.165) is 18.0 Å². The molecule has 3 heteroatoms. The van der Waals surface area contributed by atoms with Crippen molar-refractivity contribution in [2.75, 3.05) is 12.1 Å². The first-order chi connectivity index (χ1) is 9.22. The Balaban J connectivity index is 1.74. The minimum Gasteiger partial charge on any atom is -0.454 e. The molecule has 2 aromatic carbocycles. The van der Waals surface area contributed by atoms with Crippen LogP contribution in [0.2, 0.25) is 0 Å². The Morgan fingerprint density at radius 3 is 2.74 bits per heavy atom. The van der Waals surface area contributed by atoms with Crippen LogP contribution >= 0.6 is 0 Å². The molecular formula is C16H17NO2. The minimum atomic E-state index is 0.323. The molecule has 0 amide bonds. The summed E-state index contributed by atoms with van der Waals surface area (Å²) in [6, 6.07) is 12.5. The second-order valence-electron chi connectivity index (χ2n) is 4.86. The highest BCUT2D eigenvalue weighted by molar-refractivity contribution is 5.53. The molecule has 2 aromatic rings. The van der Waals surface area contributed by atoms with Gasteiger partial charge in [0.25, 0.3) is 0 Å². The van der Waals surface area contributed by atoms with E-state index in [4.69, 9.17) is 9.47 Å². The lowest BCUT2D eigenvalue weighted by Crippen LogP contribution is -2.01. The van der Waals surface area contributed by atoms with Crippen molar-refractivity contribution >= 4 is 5.69 Å². The van der Waals surface area contributed by atoms with Gasteiger partial charge in [-0.3, -0.25) is 0 Å². The normalized spacial score (nSPS) is 12.5. The summed E-state index contributed by atoms with van der Waals surface area (Å²) in [4.78, 5) is 0. The van der Waals surface area contributed by atoms with Crippen LogP contribution in [-0.2, 0) is 6.54 Å². The van der Waals surface area contributed by atoms with E-state index in [-0.39, 0.29) is 0 Å². The maximum absolute atomic E-state index is 5.38. The highest BCUT2D eigenvalue weighted by Crippen LogP contribution is 2.32. The third kappa shape index (κ3) is 2.50. The number of hydrogen-bond donors (Lipinski definition) is 1. The molecule has 1 heterocycles. The van der Waals surface area contributed by atoms with Gasteiger partial charge in [0.05, 0.1) is 0 Å². The van der Waals surface area contributed by atoms with Crippen molar-refractivity contribution in [1.29, 1.82) is 0 Å². The fraction of sp³-hybridized carbons (Fsp3) is 0.250. The zero-order valence-electron chi connectivity index (χ0n) is 11.2. The highest BCUT2D eigenvalue weighted by Gasteiger charge is 2.12. The molecule has 0 fully saturated rings. The third-order valence-electron chi connectivity index (χ3n) is 3.31. The van der Waals surface area contributed by atoms with Crippen LogP contribution in [0.25, 0.3) is 0 Å². The van der Waals surface area contributed by atoms with Crippen molar-refractivity contribution in [2.45, 2.75) is 20.4 Å². The first-order valence-corrected chi connectivity index (χ1v) is 6.42. The molecule has 3 nitrogen and oxygen atoms in total. The van der Waals surface area contributed by atoms with Crippen LogP contribution in [0, 0.1) is 13.8 Å². The summed E-state index contributed by atoms with van der Waals surface area (Å²) in [7, 11) is 0. The Hall–Kier alpha value is -2.16. The molecule has 0 bridgehead atoms. The zero-order chi connectivity index (χ0) is 13.2. The van der Waals surface area contributed by atoms with Gasteiger partial charge in [-0.05, 0) is 48.7 Å². The Morgan fingerprint density at radius 2 is 1.84 bits per heavy atom. The van der Waals surface area contributed by atoms with E-state index in [2.05, 4.69) is 43.4 Å². The predicted molar refractivity (Wildman–Crippen MR) is 75.8 cm³/mol. The second-order valence-corrected chi connectivity index (χ2v) is 4.86. The van der Waals surface area contributed by atoms with Crippen LogP contribution in [0.4, 0.5) is 5.69 Å². The van der Waals surface area contributed by atoms with Crippen LogP contribution in [-0.4, -0.2) is 6.79 Å². The van der Waals surface area contributed by atoms with Crippen LogP contribution in [0.15, 0.2) is 36.4 Å². The van der Waals surface area contributed by atoms with Gasteiger partial charge >= 0.3 is 0 Å². The van der Waals surface area contributed by atoms with Gasteiger partial charge < -0.3 is 14.8 Å². The molecule has 98 valence electrons. The van der Waals surface area contributed by atoms with E-state index in [1.165, 1.54) is 22.4 Å². The molecule has 0 radical (unpaired) electrons. The topological polar surface area (TPSA) is 30.5 Å². The third-order valence-corrected chi connectivity index (χ3v) is 3.31. The summed E-state index contributed by atoms with van der Waals surface area (Å²) in [6.07, 6.45) is 0. The minimum absolute atomic E-state index is 0.323. The SMILES string of the molecule is Cc1ccc(C)c(NCc2ccc3c(c2)OCO3)c1. The first-order valence-electron chi connectivity index (χ1n) is 6.42. The lowest BCUT2D eigenvalue weighted by molar-refractivity contribution is 0.174. The number of benzene rings is 2. The van der Waals surface area contributed by atoms with E-state index >= 15 is 0 Å².